The minimum absolute atomic E-state index is 1.16. The molecule has 6 rings (SSSR count). The third-order valence-electron chi connectivity index (χ3n) is 5.67. The Morgan fingerprint density at radius 2 is 1.41 bits per heavy atom. The van der Waals surface area contributed by atoms with Gasteiger partial charge in [0.25, 0.3) is 0 Å². The quantitative estimate of drug-likeness (QED) is 0.260. The summed E-state index contributed by atoms with van der Waals surface area (Å²) in [4.78, 5) is 7.83. The highest BCUT2D eigenvalue weighted by Crippen LogP contribution is 2.42. The summed E-state index contributed by atoms with van der Waals surface area (Å²) in [6.07, 6.45) is 3.57. The fourth-order valence-electron chi connectivity index (χ4n) is 4.43. The second kappa shape index (κ2) is 12.7. The van der Waals surface area contributed by atoms with Crippen LogP contribution < -0.4 is 0 Å². The van der Waals surface area contributed by atoms with Crippen LogP contribution in [0.4, 0.5) is 0 Å². The highest BCUT2D eigenvalue weighted by Gasteiger charge is 2.21. The Labute approximate surface area is 213 Å². The van der Waals surface area contributed by atoms with E-state index in [4.69, 9.17) is 0 Å². The van der Waals surface area contributed by atoms with Crippen LogP contribution in [0.25, 0.3) is 42.4 Å². The molecule has 3 heterocycles. The SMILES string of the molecule is CC.CC.CC.c1ccc(-c2[nH]c3cc(-c4ccc(-c5cccs5)s4)cc4c3c2CCC4)cc1. The van der Waals surface area contributed by atoms with Gasteiger partial charge in [-0.1, -0.05) is 77.9 Å². The summed E-state index contributed by atoms with van der Waals surface area (Å²) in [5.74, 6) is 0. The van der Waals surface area contributed by atoms with Crippen molar-refractivity contribution in [1.82, 2.24) is 4.98 Å². The third-order valence-corrected chi connectivity index (χ3v) is 7.87. The number of hydrogen-bond acceptors (Lipinski definition) is 2. The van der Waals surface area contributed by atoms with Gasteiger partial charge in [-0.25, -0.2) is 0 Å². The summed E-state index contributed by atoms with van der Waals surface area (Å²) in [6, 6.07) is 24.4. The Kier molecular flexibility index (Phi) is 9.74. The van der Waals surface area contributed by atoms with Crippen LogP contribution >= 0.6 is 22.7 Å². The maximum absolute atomic E-state index is 3.76. The molecule has 1 aliphatic carbocycles. The Hall–Kier alpha value is -2.62. The molecule has 0 fully saturated rings. The van der Waals surface area contributed by atoms with Gasteiger partial charge in [-0.15, -0.1) is 22.7 Å². The van der Waals surface area contributed by atoms with Crippen LogP contribution in [0.2, 0.25) is 0 Å². The molecule has 0 aliphatic heterocycles. The topological polar surface area (TPSA) is 15.8 Å². The second-order valence-electron chi connectivity index (χ2n) is 7.40. The number of nitrogens with one attached hydrogen (secondary N) is 1. The van der Waals surface area contributed by atoms with Crippen LogP contribution in [0, 0.1) is 0 Å². The summed E-state index contributed by atoms with van der Waals surface area (Å²) < 4.78 is 0. The molecule has 0 radical (unpaired) electrons. The van der Waals surface area contributed by atoms with E-state index in [1.54, 1.807) is 0 Å². The number of H-pyrrole nitrogens is 1. The maximum Gasteiger partial charge on any atom is 0.0497 e. The summed E-state index contributed by atoms with van der Waals surface area (Å²) in [7, 11) is 0. The number of rotatable bonds is 3. The van der Waals surface area contributed by atoms with E-state index in [1.165, 1.54) is 66.3 Å². The van der Waals surface area contributed by atoms with Gasteiger partial charge in [0.1, 0.15) is 0 Å². The molecule has 0 amide bonds. The van der Waals surface area contributed by atoms with Crippen LogP contribution in [0.3, 0.4) is 0 Å². The monoisotopic (exact) mass is 487 g/mol. The van der Waals surface area contributed by atoms with E-state index in [1.807, 2.05) is 64.2 Å². The van der Waals surface area contributed by atoms with Gasteiger partial charge < -0.3 is 4.98 Å². The smallest absolute Gasteiger partial charge is 0.0497 e. The molecule has 0 saturated heterocycles. The van der Waals surface area contributed by atoms with Crippen molar-refractivity contribution in [2.75, 3.05) is 0 Å². The first-order valence-corrected chi connectivity index (χ1v) is 14.4. The van der Waals surface area contributed by atoms with Gasteiger partial charge in [-0.3, -0.25) is 0 Å². The largest absolute Gasteiger partial charge is 0.354 e. The van der Waals surface area contributed by atoms with Crippen molar-refractivity contribution in [2.45, 2.75) is 60.8 Å². The second-order valence-corrected chi connectivity index (χ2v) is 9.43. The Morgan fingerprint density at radius 1 is 0.676 bits per heavy atom. The Morgan fingerprint density at radius 3 is 2.12 bits per heavy atom. The zero-order valence-corrected chi connectivity index (χ0v) is 23.0. The lowest BCUT2D eigenvalue weighted by Crippen LogP contribution is -1.99. The predicted octanol–water partition coefficient (Wildman–Crippen LogP) is 10.9. The molecule has 1 nitrogen and oxygen atoms in total. The summed E-state index contributed by atoms with van der Waals surface area (Å²) in [5.41, 5.74) is 8.22. The Bertz CT molecular complexity index is 1270. The van der Waals surface area contributed by atoms with Crippen LogP contribution in [0.5, 0.6) is 0 Å². The van der Waals surface area contributed by atoms with Crippen LogP contribution in [-0.4, -0.2) is 4.98 Å². The Balaban J connectivity index is 0.000000503. The number of aromatic nitrogens is 1. The molecule has 34 heavy (non-hydrogen) atoms. The molecule has 0 spiro atoms. The van der Waals surface area contributed by atoms with Gasteiger partial charge in [0.2, 0.25) is 0 Å². The van der Waals surface area contributed by atoms with Gasteiger partial charge in [0.05, 0.1) is 0 Å². The van der Waals surface area contributed by atoms with Gasteiger partial charge in [0.15, 0.2) is 0 Å². The molecule has 1 N–H and O–H groups in total. The molecule has 0 unspecified atom stereocenters. The van der Waals surface area contributed by atoms with Gasteiger partial charge in [-0.05, 0) is 77.2 Å². The normalized spacial score (nSPS) is 11.5. The van der Waals surface area contributed by atoms with E-state index in [0.717, 1.165) is 6.42 Å². The fourth-order valence-corrected chi connectivity index (χ4v) is 6.26. The predicted molar refractivity (Wildman–Crippen MR) is 156 cm³/mol. The highest BCUT2D eigenvalue weighted by molar-refractivity contribution is 7.23. The molecule has 3 aromatic heterocycles. The van der Waals surface area contributed by atoms with Gasteiger partial charge in [0, 0.05) is 31.2 Å². The van der Waals surface area contributed by atoms with Crippen LogP contribution in [-0.2, 0) is 12.8 Å². The van der Waals surface area contributed by atoms with Crippen molar-refractivity contribution >= 4 is 33.6 Å². The van der Waals surface area contributed by atoms with E-state index < -0.39 is 0 Å². The molecule has 0 atom stereocenters. The zero-order chi connectivity index (χ0) is 24.5. The van der Waals surface area contributed by atoms with E-state index in [9.17, 15) is 0 Å². The lowest BCUT2D eigenvalue weighted by Gasteiger charge is -2.14. The van der Waals surface area contributed by atoms with Gasteiger partial charge >= 0.3 is 0 Å². The lowest BCUT2D eigenvalue weighted by molar-refractivity contribution is 0.811. The first kappa shape index (κ1) is 26.0. The zero-order valence-electron chi connectivity index (χ0n) is 21.4. The average molecular weight is 488 g/mol. The van der Waals surface area contributed by atoms with E-state index in [2.05, 4.69) is 77.1 Å². The van der Waals surface area contributed by atoms with E-state index in [0.29, 0.717) is 0 Å². The van der Waals surface area contributed by atoms with Crippen molar-refractivity contribution in [1.29, 1.82) is 0 Å². The standard InChI is InChI=1S/C25H19NS2.3C2H6/c1-2-6-16(7-3-1)25-19-9-4-8-17-14-18(15-20(26-25)24(17)19)21-11-12-23(28-21)22-10-5-13-27-22;3*1-2/h1-3,5-7,10-15,26H,4,8-9H2;3*1-2H3. The molecule has 5 aromatic rings. The minimum Gasteiger partial charge on any atom is -0.354 e. The van der Waals surface area contributed by atoms with Crippen molar-refractivity contribution in [2.24, 2.45) is 0 Å². The number of thiophene rings is 2. The highest BCUT2D eigenvalue weighted by atomic mass is 32.1. The summed E-state index contributed by atoms with van der Waals surface area (Å²) in [5, 5.41) is 3.61. The molecule has 0 bridgehead atoms. The molecule has 3 heteroatoms. The van der Waals surface area contributed by atoms with E-state index >= 15 is 0 Å². The summed E-state index contributed by atoms with van der Waals surface area (Å²) in [6.45, 7) is 12.0. The van der Waals surface area contributed by atoms with Crippen molar-refractivity contribution in [3.05, 3.63) is 83.2 Å². The maximum atomic E-state index is 3.76. The average Bonchev–Trinajstić information content (AvgIpc) is 3.69. The number of aryl methyl sites for hydroxylation is 2. The fraction of sp³-hybridized carbons (Fsp3) is 0.290. The summed E-state index contributed by atoms with van der Waals surface area (Å²) >= 11 is 3.70. The molecule has 178 valence electrons. The van der Waals surface area contributed by atoms with Crippen LogP contribution in [0.15, 0.2) is 72.1 Å². The molecular formula is C31H37NS2. The molecular weight excluding hydrogens is 450 g/mol. The molecule has 1 aliphatic rings. The first-order valence-electron chi connectivity index (χ1n) is 12.7. The van der Waals surface area contributed by atoms with Crippen molar-refractivity contribution in [3.8, 4) is 31.5 Å². The third kappa shape index (κ3) is 5.21. The van der Waals surface area contributed by atoms with E-state index in [-0.39, 0.29) is 0 Å². The lowest BCUT2D eigenvalue weighted by atomic mass is 9.89. The molecule has 0 saturated carbocycles. The van der Waals surface area contributed by atoms with Gasteiger partial charge in [-0.2, -0.15) is 0 Å². The molecule has 2 aromatic carbocycles. The van der Waals surface area contributed by atoms with Crippen LogP contribution in [0.1, 0.15) is 59.1 Å². The minimum atomic E-state index is 1.16. The number of benzene rings is 2. The van der Waals surface area contributed by atoms with Crippen molar-refractivity contribution in [3.63, 3.8) is 0 Å². The first-order chi connectivity index (χ1) is 16.9. The van der Waals surface area contributed by atoms with Crippen molar-refractivity contribution < 1.29 is 0 Å². The number of aromatic amines is 1. The number of hydrogen-bond donors (Lipinski definition) is 1.